The first-order valence-electron chi connectivity index (χ1n) is 6.40. The zero-order valence-corrected chi connectivity index (χ0v) is 12.3. The molecular weight excluding hydrogens is 316 g/mol. The number of hydrazone groups is 1. The summed E-state index contributed by atoms with van der Waals surface area (Å²) in [5, 5.41) is 15.8. The minimum Gasteiger partial charge on any atom is -0.857 e. The zero-order chi connectivity index (χ0) is 13.9. The first kappa shape index (κ1) is 13.1. The molecular formula is C16H13BrN2O. The largest absolute Gasteiger partial charge is 0.857 e. The molecule has 100 valence electrons. The van der Waals surface area contributed by atoms with Crippen LogP contribution in [-0.4, -0.2) is 16.8 Å². The molecule has 20 heavy (non-hydrogen) atoms. The van der Waals surface area contributed by atoms with Crippen LogP contribution in [-0.2, 0) is 0 Å². The van der Waals surface area contributed by atoms with Crippen LogP contribution >= 0.6 is 15.9 Å². The maximum absolute atomic E-state index is 11.7. The Morgan fingerprint density at radius 2 is 1.95 bits per heavy atom. The van der Waals surface area contributed by atoms with Gasteiger partial charge in [0.05, 0.1) is 6.42 Å². The summed E-state index contributed by atoms with van der Waals surface area (Å²) in [6.45, 7) is 0. The minimum absolute atomic E-state index is 0.0276. The summed E-state index contributed by atoms with van der Waals surface area (Å²) in [4.78, 5) is 0. The van der Waals surface area contributed by atoms with Crippen LogP contribution in [0.5, 0.6) is 0 Å². The van der Waals surface area contributed by atoms with Gasteiger partial charge in [0.1, 0.15) is 0 Å². The van der Waals surface area contributed by atoms with E-state index in [4.69, 9.17) is 0 Å². The van der Waals surface area contributed by atoms with Gasteiger partial charge in [-0.15, -0.1) is 0 Å². The molecule has 4 heteroatoms. The summed E-state index contributed by atoms with van der Waals surface area (Å²) >= 11 is 3.47. The van der Waals surface area contributed by atoms with Crippen molar-refractivity contribution in [2.45, 2.75) is 12.5 Å². The Morgan fingerprint density at radius 3 is 2.70 bits per heavy atom. The van der Waals surface area contributed by atoms with Gasteiger partial charge in [0, 0.05) is 21.5 Å². The normalized spacial score (nSPS) is 20.1. The fourth-order valence-corrected chi connectivity index (χ4v) is 2.71. The first-order valence-corrected chi connectivity index (χ1v) is 7.20. The predicted octanol–water partition coefficient (Wildman–Crippen LogP) is 2.70. The smallest absolute Gasteiger partial charge is 0.213 e. The number of hydrogen-bond acceptors (Lipinski definition) is 2. The lowest BCUT2D eigenvalue weighted by Crippen LogP contribution is -2.15. The zero-order valence-electron chi connectivity index (χ0n) is 10.7. The highest BCUT2D eigenvalue weighted by Crippen LogP contribution is 2.27. The maximum atomic E-state index is 11.7. The van der Waals surface area contributed by atoms with Crippen LogP contribution in [0, 0.1) is 0 Å². The van der Waals surface area contributed by atoms with Crippen LogP contribution in [0.3, 0.4) is 0 Å². The molecule has 1 atom stereocenters. The van der Waals surface area contributed by atoms with E-state index in [1.165, 1.54) is 0 Å². The van der Waals surface area contributed by atoms with Crippen molar-refractivity contribution in [1.29, 1.82) is 0 Å². The van der Waals surface area contributed by atoms with Crippen molar-refractivity contribution < 1.29 is 9.79 Å². The van der Waals surface area contributed by atoms with E-state index in [1.807, 2.05) is 60.8 Å². The van der Waals surface area contributed by atoms with Crippen molar-refractivity contribution in [2.24, 2.45) is 5.10 Å². The number of hydrogen-bond donors (Lipinski definition) is 0. The Balaban J connectivity index is 1.98. The first-order chi connectivity index (χ1) is 9.72. The van der Waals surface area contributed by atoms with Gasteiger partial charge in [-0.2, -0.15) is 0 Å². The molecule has 1 heterocycles. The van der Waals surface area contributed by atoms with Gasteiger partial charge >= 0.3 is 0 Å². The second-order valence-corrected chi connectivity index (χ2v) is 5.60. The Hall–Kier alpha value is -1.94. The molecule has 0 fully saturated rings. The van der Waals surface area contributed by atoms with E-state index in [0.717, 1.165) is 15.6 Å². The van der Waals surface area contributed by atoms with E-state index in [9.17, 15) is 5.11 Å². The van der Waals surface area contributed by atoms with Crippen LogP contribution in [0.1, 0.15) is 23.6 Å². The lowest BCUT2D eigenvalue weighted by atomic mass is 10.0. The van der Waals surface area contributed by atoms with E-state index in [-0.39, 0.29) is 11.9 Å². The molecule has 0 unspecified atom stereocenters. The molecule has 1 aliphatic rings. The molecule has 0 saturated carbocycles. The molecule has 0 amide bonds. The standard InChI is InChI=1S/C16H13BrN2O/c17-14-8-4-7-13(9-14)15-10-16(20)18-19(15)11-12-5-2-1-3-6-12/h1-9,11,15H,10H2/b19-11-/t15-/m0/s1. The van der Waals surface area contributed by atoms with Crippen LogP contribution in [0.15, 0.2) is 64.2 Å². The second kappa shape index (κ2) is 5.59. The van der Waals surface area contributed by atoms with Crippen molar-refractivity contribution in [1.82, 2.24) is 0 Å². The highest BCUT2D eigenvalue weighted by molar-refractivity contribution is 9.10. The van der Waals surface area contributed by atoms with Crippen molar-refractivity contribution >= 4 is 28.0 Å². The molecule has 0 spiro atoms. The fourth-order valence-electron chi connectivity index (χ4n) is 2.29. The van der Waals surface area contributed by atoms with Crippen LogP contribution < -0.4 is 5.11 Å². The number of benzene rings is 2. The molecule has 2 aromatic carbocycles. The van der Waals surface area contributed by atoms with Crippen molar-refractivity contribution in [2.75, 3.05) is 0 Å². The molecule has 1 aliphatic heterocycles. The lowest BCUT2D eigenvalue weighted by Gasteiger charge is -2.06. The SMILES string of the molecule is [O-]C1=N/[N+](=C\c2ccccc2)[C@H](c2cccc(Br)c2)C1. The number of halogens is 1. The van der Waals surface area contributed by atoms with Crippen LogP contribution in [0.25, 0.3) is 0 Å². The van der Waals surface area contributed by atoms with Gasteiger partial charge in [-0.25, -0.2) is 0 Å². The fraction of sp³-hybridized carbons (Fsp3) is 0.125. The van der Waals surface area contributed by atoms with E-state index >= 15 is 0 Å². The van der Waals surface area contributed by atoms with E-state index in [1.54, 1.807) is 4.68 Å². The third kappa shape index (κ3) is 2.80. The number of rotatable bonds is 2. The van der Waals surface area contributed by atoms with Gasteiger partial charge in [-0.3, -0.25) is 0 Å². The topological polar surface area (TPSA) is 38.4 Å². The molecule has 0 aromatic heterocycles. The van der Waals surface area contributed by atoms with E-state index in [0.29, 0.717) is 6.42 Å². The summed E-state index contributed by atoms with van der Waals surface area (Å²) in [5.41, 5.74) is 2.12. The maximum Gasteiger partial charge on any atom is 0.213 e. The third-order valence-corrected chi connectivity index (χ3v) is 3.72. The molecule has 0 aliphatic carbocycles. The highest BCUT2D eigenvalue weighted by Gasteiger charge is 2.29. The molecule has 0 radical (unpaired) electrons. The Bertz CT molecular complexity index is 680. The van der Waals surface area contributed by atoms with Gasteiger partial charge in [-0.05, 0) is 29.4 Å². The molecule has 3 nitrogen and oxygen atoms in total. The Morgan fingerprint density at radius 1 is 1.15 bits per heavy atom. The highest BCUT2D eigenvalue weighted by atomic mass is 79.9. The Kier molecular flexibility index (Phi) is 3.65. The molecule has 0 saturated heterocycles. The van der Waals surface area contributed by atoms with Gasteiger partial charge < -0.3 is 5.11 Å². The van der Waals surface area contributed by atoms with E-state index in [2.05, 4.69) is 21.0 Å². The quantitative estimate of drug-likeness (QED) is 0.781. The van der Waals surface area contributed by atoms with Gasteiger partial charge in [0.15, 0.2) is 0 Å². The van der Waals surface area contributed by atoms with Gasteiger partial charge in [-0.1, -0.05) is 50.9 Å². The van der Waals surface area contributed by atoms with Crippen LogP contribution in [0.4, 0.5) is 0 Å². The molecule has 0 bridgehead atoms. The summed E-state index contributed by atoms with van der Waals surface area (Å²) in [5.74, 6) is -0.0813. The number of nitrogens with zero attached hydrogens (tertiary/aromatic N) is 2. The predicted molar refractivity (Wildman–Crippen MR) is 80.8 cm³/mol. The monoisotopic (exact) mass is 328 g/mol. The molecule has 3 rings (SSSR count). The summed E-state index contributed by atoms with van der Waals surface area (Å²) < 4.78 is 2.77. The average molecular weight is 329 g/mol. The van der Waals surface area contributed by atoms with Gasteiger partial charge in [0.2, 0.25) is 12.3 Å². The second-order valence-electron chi connectivity index (χ2n) is 4.69. The third-order valence-electron chi connectivity index (χ3n) is 3.23. The van der Waals surface area contributed by atoms with E-state index < -0.39 is 0 Å². The van der Waals surface area contributed by atoms with Crippen LogP contribution in [0.2, 0.25) is 0 Å². The summed E-state index contributed by atoms with van der Waals surface area (Å²) in [6, 6.07) is 17.9. The van der Waals surface area contributed by atoms with Crippen molar-refractivity contribution in [3.8, 4) is 0 Å². The Labute approximate surface area is 126 Å². The summed E-state index contributed by atoms with van der Waals surface area (Å²) in [7, 11) is 0. The minimum atomic E-state index is -0.0813. The van der Waals surface area contributed by atoms with Crippen molar-refractivity contribution in [3.05, 3.63) is 70.2 Å². The summed E-state index contributed by atoms with van der Waals surface area (Å²) in [6.07, 6.45) is 2.33. The molecule has 0 N–H and O–H groups in total. The molecule has 2 aromatic rings. The van der Waals surface area contributed by atoms with Crippen molar-refractivity contribution in [3.63, 3.8) is 0 Å². The lowest BCUT2D eigenvalue weighted by molar-refractivity contribution is -0.563. The average Bonchev–Trinajstić information content (AvgIpc) is 2.81. The van der Waals surface area contributed by atoms with Gasteiger partial charge in [0.25, 0.3) is 0 Å².